The molecule has 4 rings (SSSR count). The van der Waals surface area contributed by atoms with Crippen molar-refractivity contribution >= 4 is 34.3 Å². The Morgan fingerprint density at radius 2 is 2.03 bits per heavy atom. The summed E-state index contributed by atoms with van der Waals surface area (Å²) in [5, 5.41) is 0.126. The summed E-state index contributed by atoms with van der Waals surface area (Å²) < 4.78 is 35.6. The maximum atomic E-state index is 14.7. The number of aryl methyl sites for hydroxylation is 1. The van der Waals surface area contributed by atoms with Gasteiger partial charge in [-0.3, -0.25) is 14.3 Å². The van der Waals surface area contributed by atoms with Gasteiger partial charge in [0.25, 0.3) is 5.56 Å². The number of hydrogen-bond donors (Lipinski definition) is 1. The van der Waals surface area contributed by atoms with Crippen molar-refractivity contribution in [3.8, 4) is 11.1 Å². The molecular formula is C20H17ClF2N2O3S. The molecule has 1 atom stereocenters. The number of aromatic amines is 1. The van der Waals surface area contributed by atoms with E-state index in [9.17, 15) is 18.4 Å². The second-order valence-corrected chi connectivity index (χ2v) is 8.24. The average molecular weight is 439 g/mol. The van der Waals surface area contributed by atoms with Crippen molar-refractivity contribution in [3.05, 3.63) is 61.3 Å². The van der Waals surface area contributed by atoms with Gasteiger partial charge >= 0.3 is 5.69 Å². The molecule has 0 amide bonds. The normalized spacial score (nSPS) is 16.2. The fraction of sp³-hybridized carbons (Fsp3) is 0.300. The first-order valence-corrected chi connectivity index (χ1v) is 10.4. The van der Waals surface area contributed by atoms with Gasteiger partial charge in [-0.1, -0.05) is 11.6 Å². The molecule has 9 heteroatoms. The van der Waals surface area contributed by atoms with Crippen LogP contribution in [0.3, 0.4) is 0 Å². The summed E-state index contributed by atoms with van der Waals surface area (Å²) in [6, 6.07) is 3.59. The van der Waals surface area contributed by atoms with E-state index in [1.165, 1.54) is 22.4 Å². The number of thioether (sulfide) groups is 1. The maximum absolute atomic E-state index is 14.7. The summed E-state index contributed by atoms with van der Waals surface area (Å²) in [7, 11) is 0. The molecule has 5 nitrogen and oxygen atoms in total. The van der Waals surface area contributed by atoms with E-state index in [-0.39, 0.29) is 23.2 Å². The lowest BCUT2D eigenvalue weighted by Gasteiger charge is -2.17. The van der Waals surface area contributed by atoms with Crippen LogP contribution in [0.5, 0.6) is 0 Å². The van der Waals surface area contributed by atoms with E-state index in [2.05, 4.69) is 4.98 Å². The predicted octanol–water partition coefficient (Wildman–Crippen LogP) is 4.11. The van der Waals surface area contributed by atoms with Gasteiger partial charge in [0.15, 0.2) is 0 Å². The molecule has 0 spiro atoms. The molecule has 2 heterocycles. The van der Waals surface area contributed by atoms with Crippen LogP contribution in [0.2, 0.25) is 5.02 Å². The van der Waals surface area contributed by atoms with Crippen LogP contribution in [0.25, 0.3) is 22.0 Å². The number of benzene rings is 2. The molecule has 0 aliphatic carbocycles. The zero-order chi connectivity index (χ0) is 20.9. The minimum Gasteiger partial charge on any atom is -0.376 e. The van der Waals surface area contributed by atoms with Crippen LogP contribution >= 0.6 is 23.4 Å². The van der Waals surface area contributed by atoms with Gasteiger partial charge in [-0.15, -0.1) is 11.8 Å². The molecule has 0 unspecified atom stereocenters. The fourth-order valence-electron chi connectivity index (χ4n) is 3.68. The van der Waals surface area contributed by atoms with Crippen LogP contribution < -0.4 is 11.2 Å². The van der Waals surface area contributed by atoms with Crippen LogP contribution in [-0.2, 0) is 11.3 Å². The van der Waals surface area contributed by atoms with Crippen molar-refractivity contribution in [2.75, 3.05) is 12.4 Å². The number of ether oxygens (including phenoxy) is 1. The topological polar surface area (TPSA) is 64.1 Å². The number of hydrogen-bond acceptors (Lipinski definition) is 4. The van der Waals surface area contributed by atoms with Crippen LogP contribution in [0, 0.1) is 18.6 Å². The van der Waals surface area contributed by atoms with Crippen LogP contribution in [-0.4, -0.2) is 28.0 Å². The number of nitrogens with one attached hydrogen (secondary N) is 1. The van der Waals surface area contributed by atoms with E-state index in [0.29, 0.717) is 39.3 Å². The van der Waals surface area contributed by atoms with Gasteiger partial charge in [0, 0.05) is 34.4 Å². The van der Waals surface area contributed by atoms with Gasteiger partial charge < -0.3 is 4.74 Å². The third-order valence-electron chi connectivity index (χ3n) is 4.91. The van der Waals surface area contributed by atoms with Gasteiger partial charge in [0.05, 0.1) is 28.6 Å². The van der Waals surface area contributed by atoms with Gasteiger partial charge in [0.2, 0.25) is 0 Å². The lowest BCUT2D eigenvalue weighted by atomic mass is 9.97. The molecule has 0 bridgehead atoms. The first kappa shape index (κ1) is 20.1. The smallest absolute Gasteiger partial charge is 0.328 e. The lowest BCUT2D eigenvalue weighted by Crippen LogP contribution is -2.34. The molecule has 1 N–H and O–H groups in total. The second kappa shape index (κ2) is 7.59. The van der Waals surface area contributed by atoms with E-state index < -0.39 is 22.9 Å². The first-order chi connectivity index (χ1) is 13.8. The monoisotopic (exact) mass is 438 g/mol. The summed E-state index contributed by atoms with van der Waals surface area (Å²) in [6.45, 7) is 4.33. The van der Waals surface area contributed by atoms with Gasteiger partial charge in [-0.2, -0.15) is 0 Å². The Hall–Kier alpha value is -2.16. The molecule has 152 valence electrons. The van der Waals surface area contributed by atoms with E-state index in [1.54, 1.807) is 13.0 Å². The molecule has 3 aromatic rings. The molecule has 1 aromatic heterocycles. The highest BCUT2D eigenvalue weighted by atomic mass is 35.5. The minimum atomic E-state index is -0.852. The first-order valence-electron chi connectivity index (χ1n) is 9.01. The standard InChI is InChI=1S/C20H17ClF2N2O3S/c1-3-28-10-7-25-17-12(19(26)24-20(25)27)4-9(2)16(18(17)29-8-10)11-5-13(21)15(23)6-14(11)22/h4-6,10H,3,7-8H2,1-2H3,(H,24,26,27)/t10-/m0/s1. The van der Waals surface area contributed by atoms with Crippen LogP contribution in [0.4, 0.5) is 8.78 Å². The molecule has 0 radical (unpaired) electrons. The highest BCUT2D eigenvalue weighted by Crippen LogP contribution is 2.42. The van der Waals surface area contributed by atoms with E-state index in [0.717, 1.165) is 6.07 Å². The van der Waals surface area contributed by atoms with Crippen molar-refractivity contribution < 1.29 is 13.5 Å². The van der Waals surface area contributed by atoms with E-state index in [4.69, 9.17) is 16.3 Å². The number of rotatable bonds is 3. The molecular weight excluding hydrogens is 422 g/mol. The fourth-order valence-corrected chi connectivity index (χ4v) is 5.17. The largest absolute Gasteiger partial charge is 0.376 e. The Kier molecular flexibility index (Phi) is 5.27. The average Bonchev–Trinajstić information content (AvgIpc) is 2.84. The summed E-state index contributed by atoms with van der Waals surface area (Å²) >= 11 is 7.30. The Balaban J connectivity index is 2.11. The van der Waals surface area contributed by atoms with Gasteiger partial charge in [-0.05, 0) is 31.5 Å². The molecule has 0 saturated heterocycles. The Labute approximate surface area is 173 Å². The van der Waals surface area contributed by atoms with Crippen molar-refractivity contribution in [1.82, 2.24) is 9.55 Å². The summed E-state index contributed by atoms with van der Waals surface area (Å²) in [6.07, 6.45) is -0.265. The lowest BCUT2D eigenvalue weighted by molar-refractivity contribution is 0.0677. The zero-order valence-electron chi connectivity index (χ0n) is 15.6. The molecule has 29 heavy (non-hydrogen) atoms. The summed E-state index contributed by atoms with van der Waals surface area (Å²) in [5.41, 5.74) is 0.581. The van der Waals surface area contributed by atoms with Gasteiger partial charge in [-0.25, -0.2) is 13.6 Å². The number of H-pyrrole nitrogens is 1. The third-order valence-corrected chi connectivity index (χ3v) is 6.43. The van der Waals surface area contributed by atoms with Gasteiger partial charge in [0.1, 0.15) is 11.6 Å². The SMILES string of the molecule is CCO[C@@H]1CSc2c(-c3cc(Cl)c(F)cc3F)c(C)cc3c(=O)[nH]c(=O)n(c23)C1. The van der Waals surface area contributed by atoms with Crippen molar-refractivity contribution in [1.29, 1.82) is 0 Å². The Bertz CT molecular complexity index is 1260. The minimum absolute atomic E-state index is 0.118. The van der Waals surface area contributed by atoms with E-state index >= 15 is 0 Å². The molecule has 1 aliphatic heterocycles. The highest BCUT2D eigenvalue weighted by molar-refractivity contribution is 7.99. The summed E-state index contributed by atoms with van der Waals surface area (Å²) in [4.78, 5) is 28.0. The third kappa shape index (κ3) is 3.39. The second-order valence-electron chi connectivity index (χ2n) is 6.80. The predicted molar refractivity (Wildman–Crippen MR) is 110 cm³/mol. The molecule has 1 aliphatic rings. The summed E-state index contributed by atoms with van der Waals surface area (Å²) in [5.74, 6) is -1.11. The zero-order valence-corrected chi connectivity index (χ0v) is 17.2. The van der Waals surface area contributed by atoms with Crippen LogP contribution in [0.1, 0.15) is 12.5 Å². The number of aromatic nitrogens is 2. The van der Waals surface area contributed by atoms with Crippen LogP contribution in [0.15, 0.2) is 32.7 Å². The molecule has 0 saturated carbocycles. The maximum Gasteiger partial charge on any atom is 0.328 e. The van der Waals surface area contributed by atoms with E-state index in [1.807, 2.05) is 6.92 Å². The van der Waals surface area contributed by atoms with Crippen molar-refractivity contribution in [3.63, 3.8) is 0 Å². The Morgan fingerprint density at radius 1 is 1.28 bits per heavy atom. The molecule has 0 fully saturated rings. The highest BCUT2D eigenvalue weighted by Gasteiger charge is 2.26. The number of nitrogens with zero attached hydrogens (tertiary/aromatic N) is 1. The number of halogens is 3. The van der Waals surface area contributed by atoms with Crippen molar-refractivity contribution in [2.24, 2.45) is 0 Å². The van der Waals surface area contributed by atoms with Crippen molar-refractivity contribution in [2.45, 2.75) is 31.4 Å². The quantitative estimate of drug-likeness (QED) is 0.625. The molecule has 2 aromatic carbocycles. The Morgan fingerprint density at radius 3 is 2.76 bits per heavy atom.